The van der Waals surface area contributed by atoms with E-state index in [0.717, 1.165) is 6.07 Å². The maximum atomic E-state index is 13.7. The molecule has 106 valence electrons. The third-order valence-corrected chi connectivity index (χ3v) is 3.86. The normalized spacial score (nSPS) is 12.4. The molecule has 0 amide bonds. The van der Waals surface area contributed by atoms with Gasteiger partial charge >= 0.3 is 0 Å². The lowest BCUT2D eigenvalue weighted by atomic mass is 10.1. The fourth-order valence-electron chi connectivity index (χ4n) is 1.75. The Morgan fingerprint density at radius 1 is 1.10 bits per heavy atom. The number of hydrogen-bond acceptors (Lipinski definition) is 3. The van der Waals surface area contributed by atoms with E-state index in [9.17, 15) is 13.2 Å². The third kappa shape index (κ3) is 3.53. The van der Waals surface area contributed by atoms with Crippen molar-refractivity contribution in [1.82, 2.24) is 5.43 Å². The van der Waals surface area contributed by atoms with Crippen molar-refractivity contribution in [3.05, 3.63) is 65.5 Å². The first-order chi connectivity index (χ1) is 9.61. The monoisotopic (exact) mass is 298 g/mol. The molecule has 1 atom stereocenters. The van der Waals surface area contributed by atoms with Crippen molar-refractivity contribution in [2.75, 3.05) is 5.75 Å². The number of hydrogen-bond donors (Lipinski definition) is 2. The molecule has 6 heteroatoms. The Hall–Kier alpha value is -1.50. The molecule has 0 aromatic heterocycles. The van der Waals surface area contributed by atoms with Gasteiger partial charge in [-0.05, 0) is 24.3 Å². The second kappa shape index (κ2) is 6.78. The first-order valence-electron chi connectivity index (χ1n) is 5.90. The number of halogens is 3. The van der Waals surface area contributed by atoms with Crippen LogP contribution in [-0.4, -0.2) is 5.75 Å². The minimum Gasteiger partial charge on any atom is -0.271 e. The summed E-state index contributed by atoms with van der Waals surface area (Å²) in [4.78, 5) is 0.696. The lowest BCUT2D eigenvalue weighted by Gasteiger charge is -2.16. The molecular formula is C14H13F3N2S. The van der Waals surface area contributed by atoms with E-state index in [0.29, 0.717) is 10.6 Å². The zero-order valence-electron chi connectivity index (χ0n) is 10.4. The molecule has 0 radical (unpaired) electrons. The molecule has 0 spiro atoms. The first kappa shape index (κ1) is 14.9. The fraction of sp³-hybridized carbons (Fsp3) is 0.143. The summed E-state index contributed by atoms with van der Waals surface area (Å²) in [7, 11) is 0. The minimum atomic E-state index is -0.921. The first-order valence-corrected chi connectivity index (χ1v) is 6.89. The van der Waals surface area contributed by atoms with Gasteiger partial charge in [-0.3, -0.25) is 11.3 Å². The molecule has 2 aromatic carbocycles. The smallest absolute Gasteiger partial charge is 0.163 e. The van der Waals surface area contributed by atoms with Gasteiger partial charge in [0, 0.05) is 16.2 Å². The van der Waals surface area contributed by atoms with Crippen LogP contribution >= 0.6 is 11.8 Å². The van der Waals surface area contributed by atoms with Gasteiger partial charge in [-0.15, -0.1) is 11.8 Å². The molecule has 1 unspecified atom stereocenters. The summed E-state index contributed by atoms with van der Waals surface area (Å²) < 4.78 is 39.9. The average molecular weight is 298 g/mol. The van der Waals surface area contributed by atoms with Gasteiger partial charge in [0.2, 0.25) is 0 Å². The summed E-state index contributed by atoms with van der Waals surface area (Å²) in [6.07, 6.45) is 0. The molecule has 0 aliphatic heterocycles. The maximum absolute atomic E-state index is 13.7. The third-order valence-electron chi connectivity index (χ3n) is 2.77. The van der Waals surface area contributed by atoms with E-state index in [4.69, 9.17) is 5.84 Å². The highest BCUT2D eigenvalue weighted by Gasteiger charge is 2.17. The van der Waals surface area contributed by atoms with Crippen molar-refractivity contribution in [2.45, 2.75) is 10.9 Å². The zero-order chi connectivity index (χ0) is 14.5. The molecule has 2 aromatic rings. The summed E-state index contributed by atoms with van der Waals surface area (Å²) in [5.41, 5.74) is 2.60. The maximum Gasteiger partial charge on any atom is 0.163 e. The minimum absolute atomic E-state index is 0.149. The van der Waals surface area contributed by atoms with E-state index in [2.05, 4.69) is 5.43 Å². The van der Waals surface area contributed by atoms with Crippen LogP contribution in [0.25, 0.3) is 0 Å². The van der Waals surface area contributed by atoms with Crippen molar-refractivity contribution >= 4 is 11.8 Å². The van der Waals surface area contributed by atoms with Gasteiger partial charge in [-0.1, -0.05) is 18.2 Å². The topological polar surface area (TPSA) is 38.0 Å². The van der Waals surface area contributed by atoms with Crippen LogP contribution < -0.4 is 11.3 Å². The Balaban J connectivity index is 2.11. The molecule has 0 heterocycles. The van der Waals surface area contributed by atoms with Gasteiger partial charge in [-0.25, -0.2) is 13.2 Å². The molecule has 0 bridgehead atoms. The van der Waals surface area contributed by atoms with Crippen LogP contribution in [0.15, 0.2) is 47.4 Å². The number of hydrazine groups is 1. The van der Waals surface area contributed by atoms with Crippen LogP contribution in [0.1, 0.15) is 11.6 Å². The Morgan fingerprint density at radius 2 is 1.85 bits per heavy atom. The van der Waals surface area contributed by atoms with Crippen molar-refractivity contribution in [3.8, 4) is 0 Å². The highest BCUT2D eigenvalue weighted by Crippen LogP contribution is 2.26. The Bertz CT molecular complexity index is 592. The molecule has 0 aliphatic rings. The van der Waals surface area contributed by atoms with Crippen molar-refractivity contribution in [2.24, 2.45) is 5.84 Å². The standard InChI is InChI=1S/C14H13F3N2S/c15-9-3-1-4-10(7-9)20-8-13(19-18)11-5-2-6-12(16)14(11)17/h1-7,13,19H,8,18H2. The van der Waals surface area contributed by atoms with Gasteiger partial charge in [-0.2, -0.15) is 0 Å². The molecule has 2 nitrogen and oxygen atoms in total. The lowest BCUT2D eigenvalue weighted by Crippen LogP contribution is -2.30. The molecule has 20 heavy (non-hydrogen) atoms. The van der Waals surface area contributed by atoms with Crippen molar-refractivity contribution < 1.29 is 13.2 Å². The van der Waals surface area contributed by atoms with E-state index < -0.39 is 17.7 Å². The highest BCUT2D eigenvalue weighted by molar-refractivity contribution is 7.99. The largest absolute Gasteiger partial charge is 0.271 e. The summed E-state index contributed by atoms with van der Waals surface area (Å²) in [5, 5.41) is 0. The number of nitrogens with one attached hydrogen (secondary N) is 1. The summed E-state index contributed by atoms with van der Waals surface area (Å²) in [6.45, 7) is 0. The number of nitrogens with two attached hydrogens (primary N) is 1. The van der Waals surface area contributed by atoms with E-state index in [1.165, 1.54) is 36.0 Å². The average Bonchev–Trinajstić information content (AvgIpc) is 2.44. The SMILES string of the molecule is NNC(CSc1cccc(F)c1)c1cccc(F)c1F. The van der Waals surface area contributed by atoms with Crippen LogP contribution in [0.5, 0.6) is 0 Å². The number of thioether (sulfide) groups is 1. The van der Waals surface area contributed by atoms with Crippen LogP contribution in [-0.2, 0) is 0 Å². The van der Waals surface area contributed by atoms with Gasteiger partial charge in [0.25, 0.3) is 0 Å². The van der Waals surface area contributed by atoms with Gasteiger partial charge < -0.3 is 0 Å². The van der Waals surface area contributed by atoms with Crippen molar-refractivity contribution in [3.63, 3.8) is 0 Å². The predicted octanol–water partition coefficient (Wildman–Crippen LogP) is 3.40. The quantitative estimate of drug-likeness (QED) is 0.505. The second-order valence-corrected chi connectivity index (χ2v) is 5.22. The van der Waals surface area contributed by atoms with Crippen LogP contribution in [0.3, 0.4) is 0 Å². The van der Waals surface area contributed by atoms with Crippen LogP contribution in [0.2, 0.25) is 0 Å². The Kier molecular flexibility index (Phi) is 5.05. The number of benzene rings is 2. The zero-order valence-corrected chi connectivity index (χ0v) is 11.3. The molecule has 0 saturated heterocycles. The van der Waals surface area contributed by atoms with Crippen LogP contribution in [0.4, 0.5) is 13.2 Å². The predicted molar refractivity (Wildman–Crippen MR) is 73.5 cm³/mol. The van der Waals surface area contributed by atoms with Crippen LogP contribution in [0, 0.1) is 17.5 Å². The molecule has 2 rings (SSSR count). The molecule has 0 fully saturated rings. The van der Waals surface area contributed by atoms with Crippen molar-refractivity contribution in [1.29, 1.82) is 0 Å². The highest BCUT2D eigenvalue weighted by atomic mass is 32.2. The van der Waals surface area contributed by atoms with E-state index in [1.807, 2.05) is 0 Å². The second-order valence-electron chi connectivity index (χ2n) is 4.13. The fourth-order valence-corrected chi connectivity index (χ4v) is 2.76. The lowest BCUT2D eigenvalue weighted by molar-refractivity contribution is 0.478. The van der Waals surface area contributed by atoms with E-state index in [-0.39, 0.29) is 11.4 Å². The summed E-state index contributed by atoms with van der Waals surface area (Å²) in [6, 6.07) is 9.41. The Labute approximate surface area is 119 Å². The van der Waals surface area contributed by atoms with Gasteiger partial charge in [0.05, 0.1) is 6.04 Å². The van der Waals surface area contributed by atoms with Gasteiger partial charge in [0.15, 0.2) is 11.6 Å². The van der Waals surface area contributed by atoms with E-state index in [1.54, 1.807) is 12.1 Å². The van der Waals surface area contributed by atoms with Gasteiger partial charge in [0.1, 0.15) is 5.82 Å². The summed E-state index contributed by atoms with van der Waals surface area (Å²) >= 11 is 1.31. The Morgan fingerprint density at radius 3 is 2.55 bits per heavy atom. The molecular weight excluding hydrogens is 285 g/mol. The number of rotatable bonds is 5. The van der Waals surface area contributed by atoms with E-state index >= 15 is 0 Å². The summed E-state index contributed by atoms with van der Waals surface area (Å²) in [5.74, 6) is 3.56. The molecule has 0 aliphatic carbocycles. The molecule has 3 N–H and O–H groups in total. The molecule has 0 saturated carbocycles.